The van der Waals surface area contributed by atoms with Crippen molar-refractivity contribution in [3.63, 3.8) is 0 Å². The van der Waals surface area contributed by atoms with Crippen LogP contribution in [0.1, 0.15) is 28.2 Å². The molecule has 0 aliphatic rings. The molecule has 7 rings (SSSR count). The van der Waals surface area contributed by atoms with E-state index in [0.29, 0.717) is 31.0 Å². The lowest BCUT2D eigenvalue weighted by Gasteiger charge is -2.12. The van der Waals surface area contributed by atoms with Crippen molar-refractivity contribution in [2.24, 2.45) is 0 Å². The normalized spacial score (nSPS) is 10.3. The highest BCUT2D eigenvalue weighted by atomic mass is 127. The third-order valence-corrected chi connectivity index (χ3v) is 9.48. The first kappa shape index (κ1) is 45.0. The first-order chi connectivity index (χ1) is 24.4. The van der Waals surface area contributed by atoms with E-state index >= 15 is 0 Å². The SMILES string of the molecule is Brc1cccc2oc3[nH]c4ccccc4c3c12.C.CCOP(OCC)OCC.CI.CI.O=[N+]([O-])c1ccccc1-c1coc2cccc(Br)c12. The maximum atomic E-state index is 11.1. The van der Waals surface area contributed by atoms with Crippen LogP contribution in [-0.2, 0) is 13.6 Å². The molecule has 0 fully saturated rings. The molecule has 0 spiro atoms. The molecule has 0 atom stereocenters. The zero-order valence-electron chi connectivity index (χ0n) is 28.0. The number of aromatic amines is 1. The highest BCUT2D eigenvalue weighted by Crippen LogP contribution is 2.40. The van der Waals surface area contributed by atoms with Crippen molar-refractivity contribution in [1.29, 1.82) is 0 Å². The number of nitrogens with zero attached hydrogens (tertiary/aromatic N) is 1. The second-order valence-electron chi connectivity index (χ2n) is 9.60. The Bertz CT molecular complexity index is 2090. The van der Waals surface area contributed by atoms with Gasteiger partial charge in [0.1, 0.15) is 11.2 Å². The number of benzene rings is 4. The summed E-state index contributed by atoms with van der Waals surface area (Å²) in [6, 6.07) is 26.5. The average Bonchev–Trinajstić information content (AvgIpc) is 3.84. The minimum atomic E-state index is -1.06. The zero-order valence-corrected chi connectivity index (χ0v) is 36.4. The van der Waals surface area contributed by atoms with Crippen molar-refractivity contribution in [1.82, 2.24) is 4.98 Å². The number of nitrogens with one attached hydrogen (secondary N) is 1. The van der Waals surface area contributed by atoms with E-state index in [9.17, 15) is 10.1 Å². The number of para-hydroxylation sites is 2. The Morgan fingerprint density at radius 1 is 0.725 bits per heavy atom. The van der Waals surface area contributed by atoms with Crippen LogP contribution in [0.3, 0.4) is 0 Å². The van der Waals surface area contributed by atoms with E-state index < -0.39 is 8.60 Å². The number of fused-ring (bicyclic) bond motifs is 6. The number of hydrogen-bond donors (Lipinski definition) is 1. The van der Waals surface area contributed by atoms with Crippen LogP contribution in [0.25, 0.3) is 55.1 Å². The van der Waals surface area contributed by atoms with Gasteiger partial charge in [0.2, 0.25) is 5.71 Å². The summed E-state index contributed by atoms with van der Waals surface area (Å²) >= 11 is 11.3. The fourth-order valence-electron chi connectivity index (χ4n) is 4.92. The molecular formula is C37H41Br2I2N2O7P. The van der Waals surface area contributed by atoms with Crippen LogP contribution in [0.4, 0.5) is 5.69 Å². The summed E-state index contributed by atoms with van der Waals surface area (Å²) in [4.78, 5) is 18.0. The van der Waals surface area contributed by atoms with Crippen LogP contribution < -0.4 is 0 Å². The van der Waals surface area contributed by atoms with Gasteiger partial charge in [0.25, 0.3) is 5.69 Å². The molecule has 0 aliphatic carbocycles. The molecular weight excluding hydrogens is 1030 g/mol. The van der Waals surface area contributed by atoms with Crippen molar-refractivity contribution in [2.45, 2.75) is 28.2 Å². The molecule has 0 amide bonds. The second kappa shape index (κ2) is 23.5. The summed E-state index contributed by atoms with van der Waals surface area (Å²) < 4.78 is 28.7. The van der Waals surface area contributed by atoms with Crippen LogP contribution >= 0.6 is 85.6 Å². The van der Waals surface area contributed by atoms with Gasteiger partial charge in [0, 0.05) is 42.3 Å². The van der Waals surface area contributed by atoms with Gasteiger partial charge in [0.15, 0.2) is 0 Å². The Hall–Kier alpha value is -2.11. The summed E-state index contributed by atoms with van der Waals surface area (Å²) in [6.07, 6.45) is 1.55. The highest BCUT2D eigenvalue weighted by Gasteiger charge is 2.19. The van der Waals surface area contributed by atoms with Gasteiger partial charge in [-0.1, -0.05) is 127 Å². The van der Waals surface area contributed by atoms with Crippen molar-refractivity contribution >= 4 is 135 Å². The van der Waals surface area contributed by atoms with E-state index in [1.54, 1.807) is 24.5 Å². The molecule has 0 saturated heterocycles. The number of H-pyrrole nitrogens is 1. The molecule has 0 radical (unpaired) electrons. The van der Waals surface area contributed by atoms with E-state index in [4.69, 9.17) is 22.4 Å². The number of nitro groups is 1. The number of nitro benzene ring substituents is 1. The number of alkyl halides is 2. The molecule has 0 aliphatic heterocycles. The molecule has 7 aromatic rings. The number of furan rings is 2. The highest BCUT2D eigenvalue weighted by molar-refractivity contribution is 14.1. The molecule has 0 saturated carbocycles. The minimum Gasteiger partial charge on any atom is -0.464 e. The summed E-state index contributed by atoms with van der Waals surface area (Å²) in [7, 11) is -1.06. The van der Waals surface area contributed by atoms with Crippen molar-refractivity contribution in [3.05, 3.63) is 110 Å². The van der Waals surface area contributed by atoms with Crippen LogP contribution in [0.15, 0.2) is 109 Å². The number of hydrogen-bond acceptors (Lipinski definition) is 7. The average molecular weight is 1070 g/mol. The van der Waals surface area contributed by atoms with E-state index in [-0.39, 0.29) is 18.0 Å². The lowest BCUT2D eigenvalue weighted by Crippen LogP contribution is -1.94. The number of aromatic nitrogens is 1. The van der Waals surface area contributed by atoms with Crippen LogP contribution in [0, 0.1) is 10.1 Å². The first-order valence-electron chi connectivity index (χ1n) is 15.3. The van der Waals surface area contributed by atoms with Gasteiger partial charge in [-0.3, -0.25) is 10.1 Å². The van der Waals surface area contributed by atoms with Crippen molar-refractivity contribution in [2.75, 3.05) is 29.7 Å². The van der Waals surface area contributed by atoms with Crippen LogP contribution in [-0.4, -0.2) is 39.6 Å². The summed E-state index contributed by atoms with van der Waals surface area (Å²) in [6.45, 7) is 7.71. The topological polar surface area (TPSA) is 113 Å². The molecule has 1 N–H and O–H groups in total. The molecule has 3 heterocycles. The van der Waals surface area contributed by atoms with E-state index in [1.165, 1.54) is 11.5 Å². The van der Waals surface area contributed by atoms with Gasteiger partial charge in [-0.25, -0.2) is 0 Å². The predicted molar refractivity (Wildman–Crippen MR) is 238 cm³/mol. The summed E-state index contributed by atoms with van der Waals surface area (Å²) in [5.74, 6) is 0. The Balaban J connectivity index is 0.000000261. The maximum absolute atomic E-state index is 11.1. The lowest BCUT2D eigenvalue weighted by molar-refractivity contribution is -0.384. The Morgan fingerprint density at radius 2 is 1.27 bits per heavy atom. The Kier molecular flexibility index (Phi) is 20.8. The van der Waals surface area contributed by atoms with E-state index in [2.05, 4.69) is 94.2 Å². The van der Waals surface area contributed by atoms with Crippen molar-refractivity contribution in [3.8, 4) is 11.1 Å². The van der Waals surface area contributed by atoms with Crippen LogP contribution in [0.2, 0.25) is 0 Å². The quantitative estimate of drug-likeness (QED) is 0.0530. The molecule has 4 aromatic carbocycles. The van der Waals surface area contributed by atoms with Gasteiger partial charge in [-0.05, 0) is 67.0 Å². The molecule has 3 aromatic heterocycles. The fraction of sp³-hybridized carbons (Fsp3) is 0.243. The smallest absolute Gasteiger partial charge is 0.332 e. The van der Waals surface area contributed by atoms with Gasteiger partial charge >= 0.3 is 8.60 Å². The van der Waals surface area contributed by atoms with Crippen LogP contribution in [0.5, 0.6) is 0 Å². The molecule has 51 heavy (non-hydrogen) atoms. The zero-order chi connectivity index (χ0) is 36.6. The van der Waals surface area contributed by atoms with E-state index in [0.717, 1.165) is 47.5 Å². The minimum absolute atomic E-state index is 0. The van der Waals surface area contributed by atoms with Crippen molar-refractivity contribution < 1.29 is 27.3 Å². The monoisotopic (exact) mass is 1070 g/mol. The molecule has 9 nitrogen and oxygen atoms in total. The third-order valence-electron chi connectivity index (χ3n) is 6.75. The second-order valence-corrected chi connectivity index (χ2v) is 12.5. The molecule has 14 heteroatoms. The lowest BCUT2D eigenvalue weighted by atomic mass is 10.0. The largest absolute Gasteiger partial charge is 0.464 e. The maximum Gasteiger partial charge on any atom is 0.332 e. The number of rotatable bonds is 8. The number of halogens is 4. The first-order valence-corrected chi connectivity index (χ1v) is 22.3. The van der Waals surface area contributed by atoms with E-state index in [1.807, 2.05) is 79.2 Å². The Labute approximate surface area is 343 Å². The summed E-state index contributed by atoms with van der Waals surface area (Å²) in [5, 5.41) is 15.4. The predicted octanol–water partition coefficient (Wildman–Crippen LogP) is 14.7. The molecule has 0 bridgehead atoms. The van der Waals surface area contributed by atoms with Gasteiger partial charge < -0.3 is 27.4 Å². The van der Waals surface area contributed by atoms with Gasteiger partial charge in [-0.15, -0.1) is 0 Å². The Morgan fingerprint density at radius 3 is 1.88 bits per heavy atom. The molecule has 0 unspecified atom stereocenters. The summed E-state index contributed by atoms with van der Waals surface area (Å²) in [5.41, 5.74) is 4.90. The molecule has 274 valence electrons. The third kappa shape index (κ3) is 11.4. The standard InChI is InChI=1S/C14H8BrNO3.C14H8BrNO.C6H15O3P.2CH3I.CH4/c15-11-5-3-7-13-14(11)10(8-19-13)9-4-1-2-6-12(9)16(17)18;15-9-5-3-7-11-13(9)12-8-4-1-2-6-10(8)16-14(12)17-11;1-4-7-10(8-5-2)9-6-3;2*1-2;/h1-8H;1-7,16H;4-6H2,1-3H3;2*1H3;1H4. The van der Waals surface area contributed by atoms with Gasteiger partial charge in [-0.2, -0.15) is 0 Å². The fourth-order valence-corrected chi connectivity index (χ4v) is 6.88. The van der Waals surface area contributed by atoms with Gasteiger partial charge in [0.05, 0.1) is 42.0 Å².